The summed E-state index contributed by atoms with van der Waals surface area (Å²) in [6, 6.07) is 18.4. The lowest BCUT2D eigenvalue weighted by molar-refractivity contribution is 0.102. The molecule has 6 heteroatoms. The number of carbonyl (C=O) groups excluding carboxylic acids is 1. The number of carbonyl (C=O) groups is 1. The molecule has 0 saturated carbocycles. The van der Waals surface area contributed by atoms with Crippen molar-refractivity contribution in [3.05, 3.63) is 72.1 Å². The Morgan fingerprint density at radius 2 is 1.76 bits per heavy atom. The van der Waals surface area contributed by atoms with Gasteiger partial charge < -0.3 is 15.4 Å². The lowest BCUT2D eigenvalue weighted by Gasteiger charge is -2.13. The average molecular weight is 390 g/mol. The van der Waals surface area contributed by atoms with Crippen LogP contribution in [-0.2, 0) is 0 Å². The molecule has 0 aliphatic carbocycles. The number of ether oxygens (including phenoxy) is 1. The zero-order valence-corrected chi connectivity index (χ0v) is 17.0. The van der Waals surface area contributed by atoms with Crippen LogP contribution in [0.3, 0.4) is 0 Å². The van der Waals surface area contributed by atoms with Crippen molar-refractivity contribution >= 4 is 17.5 Å². The van der Waals surface area contributed by atoms with E-state index >= 15 is 0 Å². The number of hydrogen-bond acceptors (Lipinski definition) is 5. The van der Waals surface area contributed by atoms with Crippen LogP contribution in [0.25, 0.3) is 0 Å². The summed E-state index contributed by atoms with van der Waals surface area (Å²) in [6.45, 7) is 6.92. The molecule has 150 valence electrons. The van der Waals surface area contributed by atoms with Gasteiger partial charge in [-0.25, -0.2) is 9.97 Å². The quantitative estimate of drug-likeness (QED) is 0.547. The average Bonchev–Trinajstić information content (AvgIpc) is 2.69. The van der Waals surface area contributed by atoms with E-state index in [1.165, 1.54) is 0 Å². The summed E-state index contributed by atoms with van der Waals surface area (Å²) < 4.78 is 5.91. The molecule has 0 aliphatic heterocycles. The number of aromatic nitrogens is 2. The van der Waals surface area contributed by atoms with E-state index in [0.29, 0.717) is 34.7 Å². The second-order valence-electron chi connectivity index (χ2n) is 7.19. The van der Waals surface area contributed by atoms with Crippen molar-refractivity contribution in [2.75, 3.05) is 17.2 Å². The highest BCUT2D eigenvalue weighted by atomic mass is 16.5. The number of benzene rings is 2. The van der Waals surface area contributed by atoms with Crippen LogP contribution in [0.1, 0.15) is 36.5 Å². The molecule has 1 amide bonds. The molecule has 0 bridgehead atoms. The summed E-state index contributed by atoms with van der Waals surface area (Å²) >= 11 is 0. The third-order valence-electron chi connectivity index (χ3n) is 4.20. The van der Waals surface area contributed by atoms with Crippen LogP contribution in [0.4, 0.5) is 11.6 Å². The van der Waals surface area contributed by atoms with Crippen molar-refractivity contribution in [2.45, 2.75) is 27.2 Å². The molecule has 6 nitrogen and oxygen atoms in total. The minimum Gasteiger partial charge on any atom is -0.455 e. The third-order valence-corrected chi connectivity index (χ3v) is 4.20. The highest BCUT2D eigenvalue weighted by Gasteiger charge is 2.14. The van der Waals surface area contributed by atoms with Gasteiger partial charge in [-0.1, -0.05) is 44.2 Å². The van der Waals surface area contributed by atoms with Gasteiger partial charge in [0.25, 0.3) is 5.91 Å². The predicted molar refractivity (Wildman–Crippen MR) is 116 cm³/mol. The van der Waals surface area contributed by atoms with Gasteiger partial charge in [0.1, 0.15) is 11.4 Å². The van der Waals surface area contributed by atoms with Crippen LogP contribution in [0.2, 0.25) is 0 Å². The smallest absolute Gasteiger partial charge is 0.274 e. The molecule has 2 N–H and O–H groups in total. The normalized spacial score (nSPS) is 10.6. The molecule has 29 heavy (non-hydrogen) atoms. The minimum absolute atomic E-state index is 0.305. The van der Waals surface area contributed by atoms with Crippen LogP contribution >= 0.6 is 0 Å². The van der Waals surface area contributed by atoms with Crippen LogP contribution in [0.15, 0.2) is 60.7 Å². The molecule has 1 aromatic heterocycles. The standard InChI is InChI=1S/C23H26N4O2/c1-16(2)13-14-24-23-25-17(3)15-20(27-23)22(28)26-19-11-7-8-12-21(19)29-18-9-5-4-6-10-18/h4-12,15-16H,13-14H2,1-3H3,(H,26,28)(H,24,25,27). The predicted octanol–water partition coefficient (Wildman–Crippen LogP) is 5.29. The van der Waals surface area contributed by atoms with E-state index in [-0.39, 0.29) is 5.91 Å². The van der Waals surface area contributed by atoms with Gasteiger partial charge in [-0.15, -0.1) is 0 Å². The molecule has 0 radical (unpaired) electrons. The summed E-state index contributed by atoms with van der Waals surface area (Å²) in [5, 5.41) is 6.09. The van der Waals surface area contributed by atoms with Gasteiger partial charge in [0.05, 0.1) is 5.69 Å². The van der Waals surface area contributed by atoms with Crippen molar-refractivity contribution in [1.29, 1.82) is 0 Å². The number of aryl methyl sites for hydroxylation is 1. The molecule has 0 unspecified atom stereocenters. The Kier molecular flexibility index (Phi) is 6.79. The Labute approximate surface area is 171 Å². The minimum atomic E-state index is -0.313. The van der Waals surface area contributed by atoms with E-state index in [4.69, 9.17) is 4.74 Å². The van der Waals surface area contributed by atoms with Crippen molar-refractivity contribution in [2.24, 2.45) is 5.92 Å². The Morgan fingerprint density at radius 1 is 1.03 bits per heavy atom. The van der Waals surface area contributed by atoms with Gasteiger partial charge >= 0.3 is 0 Å². The SMILES string of the molecule is Cc1cc(C(=O)Nc2ccccc2Oc2ccccc2)nc(NCCC(C)C)n1. The highest BCUT2D eigenvalue weighted by Crippen LogP contribution is 2.29. The first-order valence-corrected chi connectivity index (χ1v) is 9.74. The van der Waals surface area contributed by atoms with Gasteiger partial charge in [-0.2, -0.15) is 0 Å². The number of rotatable bonds is 8. The summed E-state index contributed by atoms with van der Waals surface area (Å²) in [4.78, 5) is 21.6. The molecule has 0 spiro atoms. The Balaban J connectivity index is 1.74. The van der Waals surface area contributed by atoms with Gasteiger partial charge in [-0.05, 0) is 49.6 Å². The first kappa shape index (κ1) is 20.3. The van der Waals surface area contributed by atoms with Crippen molar-refractivity contribution in [3.63, 3.8) is 0 Å². The molecule has 3 aromatic rings. The second kappa shape index (κ2) is 9.68. The van der Waals surface area contributed by atoms with E-state index in [1.54, 1.807) is 12.1 Å². The summed E-state index contributed by atoms with van der Waals surface area (Å²) in [5.41, 5.74) is 1.61. The molecule has 0 atom stereocenters. The maximum Gasteiger partial charge on any atom is 0.274 e. The molecule has 0 aliphatic rings. The molecule has 0 fully saturated rings. The fraction of sp³-hybridized carbons (Fsp3) is 0.261. The zero-order valence-electron chi connectivity index (χ0n) is 17.0. The fourth-order valence-corrected chi connectivity index (χ4v) is 2.70. The van der Waals surface area contributed by atoms with E-state index < -0.39 is 0 Å². The first-order chi connectivity index (χ1) is 14.0. The molecule has 1 heterocycles. The van der Waals surface area contributed by atoms with E-state index in [1.807, 2.05) is 55.5 Å². The van der Waals surface area contributed by atoms with Gasteiger partial charge in [-0.3, -0.25) is 4.79 Å². The molecular weight excluding hydrogens is 364 g/mol. The van der Waals surface area contributed by atoms with E-state index in [2.05, 4.69) is 34.4 Å². The molecule has 0 saturated heterocycles. The maximum atomic E-state index is 12.8. The summed E-state index contributed by atoms with van der Waals surface area (Å²) in [7, 11) is 0. The highest BCUT2D eigenvalue weighted by molar-refractivity contribution is 6.03. The van der Waals surface area contributed by atoms with Crippen molar-refractivity contribution in [3.8, 4) is 11.5 Å². The first-order valence-electron chi connectivity index (χ1n) is 9.74. The molecular formula is C23H26N4O2. The number of nitrogens with one attached hydrogen (secondary N) is 2. The van der Waals surface area contributed by atoms with Crippen molar-refractivity contribution < 1.29 is 9.53 Å². The van der Waals surface area contributed by atoms with Gasteiger partial charge in [0.15, 0.2) is 5.75 Å². The maximum absolute atomic E-state index is 12.8. The summed E-state index contributed by atoms with van der Waals surface area (Å²) in [6.07, 6.45) is 1.00. The lowest BCUT2D eigenvalue weighted by atomic mass is 10.1. The number of nitrogens with zero attached hydrogens (tertiary/aromatic N) is 2. The van der Waals surface area contributed by atoms with E-state index in [0.717, 1.165) is 18.7 Å². The fourth-order valence-electron chi connectivity index (χ4n) is 2.70. The Hall–Kier alpha value is -3.41. The lowest BCUT2D eigenvalue weighted by Crippen LogP contribution is -2.17. The zero-order chi connectivity index (χ0) is 20.6. The number of hydrogen-bond donors (Lipinski definition) is 2. The van der Waals surface area contributed by atoms with Crippen LogP contribution < -0.4 is 15.4 Å². The summed E-state index contributed by atoms with van der Waals surface area (Å²) in [5.74, 6) is 1.99. The third kappa shape index (κ3) is 6.04. The largest absolute Gasteiger partial charge is 0.455 e. The van der Waals surface area contributed by atoms with E-state index in [9.17, 15) is 4.79 Å². The monoisotopic (exact) mass is 390 g/mol. The van der Waals surface area contributed by atoms with Crippen LogP contribution in [-0.4, -0.2) is 22.4 Å². The molecule has 3 rings (SSSR count). The number of anilines is 2. The topological polar surface area (TPSA) is 76.1 Å². The van der Waals surface area contributed by atoms with Crippen LogP contribution in [0.5, 0.6) is 11.5 Å². The number of para-hydroxylation sites is 3. The Morgan fingerprint density at radius 3 is 2.52 bits per heavy atom. The number of amides is 1. The van der Waals surface area contributed by atoms with Gasteiger partial charge in [0, 0.05) is 12.2 Å². The Bertz CT molecular complexity index is 958. The van der Waals surface area contributed by atoms with Crippen LogP contribution in [0, 0.1) is 12.8 Å². The molecule has 2 aromatic carbocycles. The second-order valence-corrected chi connectivity index (χ2v) is 7.19. The van der Waals surface area contributed by atoms with Gasteiger partial charge in [0.2, 0.25) is 5.95 Å². The van der Waals surface area contributed by atoms with Crippen molar-refractivity contribution in [1.82, 2.24) is 9.97 Å².